The lowest BCUT2D eigenvalue weighted by atomic mass is 9.77. The molecule has 6 aromatic rings. The van der Waals surface area contributed by atoms with Gasteiger partial charge in [-0.1, -0.05) is 140 Å². The van der Waals surface area contributed by atoms with Crippen LogP contribution in [0.1, 0.15) is 39.4 Å². The van der Waals surface area contributed by atoms with Crippen molar-refractivity contribution in [1.29, 1.82) is 0 Å². The SMILES string of the molecule is O=C(O)[C@@H](Cc1cn(C(c2ccccc2)(c2ccccc2)c2ccccc2)cn1)N=C([O-])OCC1c2ccccc2-c2ccccc21. The number of nitrogens with zero attached hydrogens (tertiary/aromatic N) is 3. The molecule has 1 atom stereocenters. The molecule has 0 radical (unpaired) electrons. The van der Waals surface area contributed by atoms with Crippen molar-refractivity contribution in [2.75, 3.05) is 6.61 Å². The molecule has 47 heavy (non-hydrogen) atoms. The molecular weight excluding hydrogens is 586 g/mol. The van der Waals surface area contributed by atoms with E-state index in [4.69, 9.17) is 4.74 Å². The van der Waals surface area contributed by atoms with Gasteiger partial charge in [-0.3, -0.25) is 4.99 Å². The van der Waals surface area contributed by atoms with E-state index in [1.165, 1.54) is 0 Å². The minimum Gasteiger partial charge on any atom is -0.599 e. The topological polar surface area (TPSA) is 99.8 Å². The number of aliphatic carboxylic acids is 1. The minimum absolute atomic E-state index is 0.0606. The van der Waals surface area contributed by atoms with Gasteiger partial charge in [0.25, 0.3) is 0 Å². The molecular formula is C40H32N3O4-. The zero-order chi connectivity index (χ0) is 32.2. The largest absolute Gasteiger partial charge is 0.599 e. The van der Waals surface area contributed by atoms with E-state index in [9.17, 15) is 15.0 Å². The highest BCUT2D eigenvalue weighted by molar-refractivity contribution is 5.79. The number of carboxylic acids is 1. The van der Waals surface area contributed by atoms with Gasteiger partial charge in [-0.05, 0) is 38.9 Å². The van der Waals surface area contributed by atoms with Crippen molar-refractivity contribution in [1.82, 2.24) is 9.55 Å². The van der Waals surface area contributed by atoms with Crippen LogP contribution in [-0.2, 0) is 21.5 Å². The number of hydrogen-bond acceptors (Lipinski definition) is 5. The lowest BCUT2D eigenvalue weighted by Crippen LogP contribution is -2.37. The number of aromatic nitrogens is 2. The third-order valence-corrected chi connectivity index (χ3v) is 8.88. The lowest BCUT2D eigenvalue weighted by molar-refractivity contribution is -0.251. The van der Waals surface area contributed by atoms with Crippen LogP contribution in [0.3, 0.4) is 0 Å². The summed E-state index contributed by atoms with van der Waals surface area (Å²) in [5, 5.41) is 23.1. The average molecular weight is 619 g/mol. The summed E-state index contributed by atoms with van der Waals surface area (Å²) in [4.78, 5) is 21.0. The second-order valence-corrected chi connectivity index (χ2v) is 11.6. The Balaban J connectivity index is 1.18. The van der Waals surface area contributed by atoms with E-state index in [2.05, 4.69) is 58.5 Å². The highest BCUT2D eigenvalue weighted by Gasteiger charge is 2.38. The van der Waals surface area contributed by atoms with E-state index in [1.807, 2.05) is 102 Å². The molecule has 7 heteroatoms. The number of imidazole rings is 1. The van der Waals surface area contributed by atoms with Crippen LogP contribution in [0.15, 0.2) is 157 Å². The van der Waals surface area contributed by atoms with Crippen molar-refractivity contribution in [3.8, 4) is 11.1 Å². The first-order valence-electron chi connectivity index (χ1n) is 15.5. The molecule has 0 saturated carbocycles. The van der Waals surface area contributed by atoms with Crippen LogP contribution in [0.4, 0.5) is 0 Å². The molecule has 7 rings (SSSR count). The standard InChI is InChI=1S/C40H33N3O4/c44-38(45)37(42-39(46)47-26-36-34-22-12-10-20-32(34)33-21-11-13-23-35(33)36)24-31-25-43(27-41-31)40(28-14-4-1-5-15-28,29-16-6-2-7-17-29)30-18-8-3-9-19-30/h1-23,25,27,36-37H,24,26H2,(H,42,46)(H,44,45)/p-1/t37-/m1/s1. The Hall–Kier alpha value is -5.95. The minimum atomic E-state index is -1.37. The van der Waals surface area contributed by atoms with Crippen LogP contribution in [0, 0.1) is 0 Å². The van der Waals surface area contributed by atoms with Crippen molar-refractivity contribution in [2.45, 2.75) is 23.9 Å². The van der Waals surface area contributed by atoms with Gasteiger partial charge in [0, 0.05) is 25.1 Å². The molecule has 1 aliphatic carbocycles. The molecule has 1 aliphatic rings. The van der Waals surface area contributed by atoms with E-state index in [0.29, 0.717) is 5.69 Å². The molecule has 0 saturated heterocycles. The smallest absolute Gasteiger partial charge is 0.328 e. The Kier molecular flexibility index (Phi) is 8.11. The molecule has 0 fully saturated rings. The first kappa shape index (κ1) is 29.7. The fraction of sp³-hybridized carbons (Fsp3) is 0.125. The van der Waals surface area contributed by atoms with Gasteiger partial charge in [0.15, 0.2) is 6.04 Å². The Labute approximate surface area is 273 Å². The summed E-state index contributed by atoms with van der Waals surface area (Å²) in [7, 11) is 0. The summed E-state index contributed by atoms with van der Waals surface area (Å²) in [6.45, 7) is 0.0606. The zero-order valence-corrected chi connectivity index (χ0v) is 25.5. The number of fused-ring (bicyclic) bond motifs is 3. The molecule has 1 N–H and O–H groups in total. The predicted molar refractivity (Wildman–Crippen MR) is 179 cm³/mol. The van der Waals surface area contributed by atoms with Gasteiger partial charge in [-0.15, -0.1) is 0 Å². The second kappa shape index (κ2) is 12.8. The summed E-state index contributed by atoms with van der Waals surface area (Å²) < 4.78 is 7.60. The summed E-state index contributed by atoms with van der Waals surface area (Å²) in [5.74, 6) is -1.38. The van der Waals surface area contributed by atoms with E-state index in [1.54, 1.807) is 6.33 Å². The van der Waals surface area contributed by atoms with Gasteiger partial charge in [-0.2, -0.15) is 0 Å². The van der Waals surface area contributed by atoms with Crippen molar-refractivity contribution in [3.63, 3.8) is 0 Å². The van der Waals surface area contributed by atoms with Crippen LogP contribution < -0.4 is 5.11 Å². The number of rotatable bonds is 10. The number of hydrogen-bond donors (Lipinski definition) is 1. The van der Waals surface area contributed by atoms with Crippen molar-refractivity contribution in [2.24, 2.45) is 4.99 Å². The molecule has 0 spiro atoms. The predicted octanol–water partition coefficient (Wildman–Crippen LogP) is 6.26. The molecule has 0 aliphatic heterocycles. The molecule has 7 nitrogen and oxygen atoms in total. The quantitative estimate of drug-likeness (QED) is 0.111. The van der Waals surface area contributed by atoms with Crippen molar-refractivity contribution >= 4 is 12.1 Å². The van der Waals surface area contributed by atoms with Gasteiger partial charge < -0.3 is 19.5 Å². The second-order valence-electron chi connectivity index (χ2n) is 11.6. The Bertz CT molecular complexity index is 1880. The molecule has 0 bridgehead atoms. The highest BCUT2D eigenvalue weighted by Crippen LogP contribution is 2.44. The first-order chi connectivity index (χ1) is 23.1. The Morgan fingerprint density at radius 3 is 1.72 bits per heavy atom. The van der Waals surface area contributed by atoms with Gasteiger partial charge >= 0.3 is 5.97 Å². The molecule has 232 valence electrons. The van der Waals surface area contributed by atoms with Crippen LogP contribution in [0.2, 0.25) is 0 Å². The van der Waals surface area contributed by atoms with Gasteiger partial charge in [0.1, 0.15) is 11.6 Å². The number of carboxylic acid groups (broad SMARTS) is 1. The van der Waals surface area contributed by atoms with Crippen LogP contribution >= 0.6 is 0 Å². The number of carbonyl (C=O) groups is 1. The maximum atomic E-state index is 13.0. The summed E-state index contributed by atoms with van der Waals surface area (Å²) in [5.41, 5.74) is 7.09. The first-order valence-corrected chi connectivity index (χ1v) is 15.5. The summed E-state index contributed by atoms with van der Waals surface area (Å²) in [6.07, 6.45) is 2.57. The fourth-order valence-corrected chi connectivity index (χ4v) is 6.78. The van der Waals surface area contributed by atoms with Crippen LogP contribution in [0.25, 0.3) is 11.1 Å². The maximum Gasteiger partial charge on any atom is 0.328 e. The highest BCUT2D eigenvalue weighted by atomic mass is 16.6. The van der Waals surface area contributed by atoms with Gasteiger partial charge in [0.05, 0.1) is 12.0 Å². The number of benzene rings is 5. The Morgan fingerprint density at radius 1 is 0.766 bits per heavy atom. The van der Waals surface area contributed by atoms with E-state index in [-0.39, 0.29) is 18.9 Å². The van der Waals surface area contributed by atoms with Crippen molar-refractivity contribution in [3.05, 3.63) is 186 Å². The summed E-state index contributed by atoms with van der Waals surface area (Å²) in [6, 6.07) is 45.1. The molecule has 5 aromatic carbocycles. The molecule has 1 aromatic heterocycles. The number of ether oxygens (including phenoxy) is 1. The third kappa shape index (κ3) is 5.57. The van der Waals surface area contributed by atoms with Gasteiger partial charge in [-0.25, -0.2) is 9.78 Å². The van der Waals surface area contributed by atoms with Crippen LogP contribution in [0.5, 0.6) is 0 Å². The zero-order valence-electron chi connectivity index (χ0n) is 25.5. The van der Waals surface area contributed by atoms with E-state index in [0.717, 1.165) is 38.9 Å². The monoisotopic (exact) mass is 618 g/mol. The normalized spacial score (nSPS) is 13.5. The fourth-order valence-electron chi connectivity index (χ4n) is 6.78. The van der Waals surface area contributed by atoms with Crippen molar-refractivity contribution < 1.29 is 19.7 Å². The third-order valence-electron chi connectivity index (χ3n) is 8.88. The number of aliphatic imine (C=N–C) groups is 1. The average Bonchev–Trinajstić information content (AvgIpc) is 3.71. The molecule has 1 heterocycles. The maximum absolute atomic E-state index is 13.0. The summed E-state index contributed by atoms with van der Waals surface area (Å²) >= 11 is 0. The van der Waals surface area contributed by atoms with Crippen LogP contribution in [-0.4, -0.2) is 39.4 Å². The molecule has 0 amide bonds. The van der Waals surface area contributed by atoms with E-state index < -0.39 is 23.6 Å². The van der Waals surface area contributed by atoms with E-state index >= 15 is 0 Å². The molecule has 0 unspecified atom stereocenters. The Morgan fingerprint density at radius 2 is 1.23 bits per heavy atom. The van der Waals surface area contributed by atoms with Gasteiger partial charge in [0.2, 0.25) is 0 Å². The lowest BCUT2D eigenvalue weighted by Gasteiger charge is -2.37.